The summed E-state index contributed by atoms with van der Waals surface area (Å²) < 4.78 is 0. The summed E-state index contributed by atoms with van der Waals surface area (Å²) in [6, 6.07) is 0. The van der Waals surface area contributed by atoms with E-state index in [4.69, 9.17) is 0 Å². The van der Waals surface area contributed by atoms with E-state index in [2.05, 4.69) is 31.8 Å². The Morgan fingerprint density at radius 3 is 2.92 bits per heavy atom. The molecule has 0 unspecified atom stereocenters. The van der Waals surface area contributed by atoms with Crippen molar-refractivity contribution < 1.29 is 0 Å². The molecule has 0 amide bonds. The average Bonchev–Trinajstić information content (AvgIpc) is 2.09. The zero-order chi connectivity index (χ0) is 8.97. The molecule has 0 bridgehead atoms. The third kappa shape index (κ3) is 2.35. The van der Waals surface area contributed by atoms with Crippen molar-refractivity contribution in [1.29, 1.82) is 0 Å². The van der Waals surface area contributed by atoms with Gasteiger partial charge in [-0.15, -0.1) is 0 Å². The van der Waals surface area contributed by atoms with Gasteiger partial charge in [-0.25, -0.2) is 0 Å². The second-order valence-electron chi connectivity index (χ2n) is 3.32. The Bertz CT molecular complexity index is 233. The summed E-state index contributed by atoms with van der Waals surface area (Å²) in [6.07, 6.45) is 5.29. The molecule has 0 fully saturated rings. The molecule has 66 valence electrons. The first kappa shape index (κ1) is 9.27. The molecule has 0 saturated carbocycles. The highest BCUT2D eigenvalue weighted by atomic mass is 14.9. The lowest BCUT2D eigenvalue weighted by Gasteiger charge is -2.16. The maximum Gasteiger partial charge on any atom is 0.0167 e. The summed E-state index contributed by atoms with van der Waals surface area (Å²) in [5.74, 6) is 0. The predicted octanol–water partition coefficient (Wildman–Crippen LogP) is 2.43. The molecular weight excluding hydrogens is 146 g/mol. The van der Waals surface area contributed by atoms with Gasteiger partial charge in [-0.2, -0.15) is 0 Å². The van der Waals surface area contributed by atoms with Crippen LogP contribution in [0, 0.1) is 0 Å². The molecule has 0 saturated heterocycles. The first-order valence-electron chi connectivity index (χ1n) is 4.44. The van der Waals surface area contributed by atoms with Crippen LogP contribution < -0.4 is 5.32 Å². The fraction of sp³-hybridized carbons (Fsp3) is 0.455. The van der Waals surface area contributed by atoms with Gasteiger partial charge in [-0.05, 0) is 32.4 Å². The van der Waals surface area contributed by atoms with Gasteiger partial charge in [0.2, 0.25) is 0 Å². The fourth-order valence-electron chi connectivity index (χ4n) is 1.35. The highest BCUT2D eigenvalue weighted by Crippen LogP contribution is 2.15. The maximum absolute atomic E-state index is 3.74. The van der Waals surface area contributed by atoms with Crippen LogP contribution in [0.2, 0.25) is 0 Å². The summed E-state index contributed by atoms with van der Waals surface area (Å²) in [5.41, 5.74) is 4.19. The monoisotopic (exact) mass is 163 g/mol. The molecule has 0 aliphatic carbocycles. The Hall–Kier alpha value is -0.820. The molecule has 0 spiro atoms. The smallest absolute Gasteiger partial charge is 0.0167 e. The van der Waals surface area contributed by atoms with Crippen LogP contribution in [0.25, 0.3) is 0 Å². The minimum absolute atomic E-state index is 1.04. The third-order valence-corrected chi connectivity index (χ3v) is 2.23. The van der Waals surface area contributed by atoms with Gasteiger partial charge in [0.05, 0.1) is 0 Å². The van der Waals surface area contributed by atoms with Gasteiger partial charge in [0.15, 0.2) is 0 Å². The van der Waals surface area contributed by atoms with E-state index in [1.807, 2.05) is 6.08 Å². The van der Waals surface area contributed by atoms with Gasteiger partial charge >= 0.3 is 0 Å². The largest absolute Gasteiger partial charge is 0.313 e. The zero-order valence-corrected chi connectivity index (χ0v) is 7.98. The topological polar surface area (TPSA) is 12.0 Å². The van der Waals surface area contributed by atoms with E-state index in [0.717, 1.165) is 19.5 Å². The Kier molecular flexibility index (Phi) is 3.30. The second-order valence-corrected chi connectivity index (χ2v) is 3.32. The molecule has 0 radical (unpaired) electrons. The van der Waals surface area contributed by atoms with Crippen molar-refractivity contribution in [2.45, 2.75) is 20.3 Å². The molecular formula is C11H17N. The normalized spacial score (nSPS) is 19.7. The van der Waals surface area contributed by atoms with Crippen molar-refractivity contribution in [3.63, 3.8) is 0 Å². The molecule has 1 aliphatic rings. The molecule has 1 N–H and O–H groups in total. The summed E-state index contributed by atoms with van der Waals surface area (Å²) in [5, 5.41) is 3.34. The van der Waals surface area contributed by atoms with Crippen molar-refractivity contribution in [2.75, 3.05) is 13.1 Å². The number of hydrogen-bond donors (Lipinski definition) is 1. The first-order chi connectivity index (χ1) is 5.74. The zero-order valence-electron chi connectivity index (χ0n) is 7.98. The molecule has 1 heterocycles. The summed E-state index contributed by atoms with van der Waals surface area (Å²) in [7, 11) is 0. The van der Waals surface area contributed by atoms with Crippen molar-refractivity contribution in [2.24, 2.45) is 0 Å². The number of allylic oxidation sites excluding steroid dienone is 3. The fourth-order valence-corrected chi connectivity index (χ4v) is 1.35. The molecule has 12 heavy (non-hydrogen) atoms. The molecule has 1 nitrogen and oxygen atoms in total. The standard InChI is InChI=1S/C11H17N/c1-4-9(2)7-11-5-6-12-8-10(11)3/h4,7,12H,1,5-6,8H2,2-3H3/b9-7-. The van der Waals surface area contributed by atoms with Crippen LogP contribution in [0.3, 0.4) is 0 Å². The van der Waals surface area contributed by atoms with Crippen molar-refractivity contribution in [3.05, 3.63) is 35.5 Å². The Labute approximate surface area is 74.9 Å². The van der Waals surface area contributed by atoms with E-state index in [0.29, 0.717) is 0 Å². The van der Waals surface area contributed by atoms with E-state index in [-0.39, 0.29) is 0 Å². The van der Waals surface area contributed by atoms with Gasteiger partial charge in [0, 0.05) is 6.54 Å². The number of nitrogens with one attached hydrogen (secondary N) is 1. The molecule has 1 rings (SSSR count). The average molecular weight is 163 g/mol. The molecule has 0 atom stereocenters. The van der Waals surface area contributed by atoms with Gasteiger partial charge in [-0.1, -0.05) is 29.9 Å². The van der Waals surface area contributed by atoms with Crippen LogP contribution in [0.4, 0.5) is 0 Å². The van der Waals surface area contributed by atoms with Gasteiger partial charge in [0.1, 0.15) is 0 Å². The molecule has 1 heteroatoms. The SMILES string of the molecule is C=C/C(C)=C\C1=C(C)CNCC1. The highest BCUT2D eigenvalue weighted by molar-refractivity contribution is 5.33. The Balaban J connectivity index is 2.78. The summed E-state index contributed by atoms with van der Waals surface area (Å²) >= 11 is 0. The quantitative estimate of drug-likeness (QED) is 0.616. The Morgan fingerprint density at radius 1 is 1.58 bits per heavy atom. The van der Waals surface area contributed by atoms with Gasteiger partial charge < -0.3 is 5.32 Å². The lowest BCUT2D eigenvalue weighted by molar-refractivity contribution is 0.685. The lowest BCUT2D eigenvalue weighted by atomic mass is 10.0. The molecule has 0 aromatic heterocycles. The van der Waals surface area contributed by atoms with Crippen LogP contribution in [-0.2, 0) is 0 Å². The maximum atomic E-state index is 3.74. The van der Waals surface area contributed by atoms with E-state index < -0.39 is 0 Å². The van der Waals surface area contributed by atoms with Crippen LogP contribution in [0.5, 0.6) is 0 Å². The van der Waals surface area contributed by atoms with Crippen molar-refractivity contribution >= 4 is 0 Å². The van der Waals surface area contributed by atoms with Crippen molar-refractivity contribution in [3.8, 4) is 0 Å². The minimum atomic E-state index is 1.04. The van der Waals surface area contributed by atoms with E-state index >= 15 is 0 Å². The number of hydrogen-bond acceptors (Lipinski definition) is 1. The lowest BCUT2D eigenvalue weighted by Crippen LogP contribution is -2.23. The van der Waals surface area contributed by atoms with E-state index in [9.17, 15) is 0 Å². The highest BCUT2D eigenvalue weighted by Gasteiger charge is 2.05. The van der Waals surface area contributed by atoms with Gasteiger partial charge in [0.25, 0.3) is 0 Å². The van der Waals surface area contributed by atoms with E-state index in [1.54, 1.807) is 0 Å². The van der Waals surface area contributed by atoms with Crippen LogP contribution >= 0.6 is 0 Å². The molecule has 0 aromatic rings. The molecule has 1 aliphatic heterocycles. The third-order valence-electron chi connectivity index (χ3n) is 2.23. The summed E-state index contributed by atoms with van der Waals surface area (Å²) in [6.45, 7) is 10.2. The Morgan fingerprint density at radius 2 is 2.33 bits per heavy atom. The van der Waals surface area contributed by atoms with Crippen LogP contribution in [-0.4, -0.2) is 13.1 Å². The minimum Gasteiger partial charge on any atom is -0.313 e. The first-order valence-corrected chi connectivity index (χ1v) is 4.44. The van der Waals surface area contributed by atoms with Crippen LogP contribution in [0.15, 0.2) is 35.5 Å². The number of rotatable bonds is 2. The summed E-state index contributed by atoms with van der Waals surface area (Å²) in [4.78, 5) is 0. The van der Waals surface area contributed by atoms with Crippen molar-refractivity contribution in [1.82, 2.24) is 5.32 Å². The predicted molar refractivity (Wildman–Crippen MR) is 54.1 cm³/mol. The van der Waals surface area contributed by atoms with E-state index in [1.165, 1.54) is 16.7 Å². The molecule has 0 aromatic carbocycles. The second kappa shape index (κ2) is 4.27. The van der Waals surface area contributed by atoms with Gasteiger partial charge in [-0.3, -0.25) is 0 Å². The van der Waals surface area contributed by atoms with Crippen LogP contribution in [0.1, 0.15) is 20.3 Å².